The van der Waals surface area contributed by atoms with E-state index in [-0.39, 0.29) is 5.82 Å². The van der Waals surface area contributed by atoms with Crippen molar-refractivity contribution in [2.45, 2.75) is 13.8 Å². The van der Waals surface area contributed by atoms with Gasteiger partial charge >= 0.3 is 0 Å². The van der Waals surface area contributed by atoms with Gasteiger partial charge in [0, 0.05) is 12.2 Å². The first-order valence-corrected chi connectivity index (χ1v) is 6.34. The van der Waals surface area contributed by atoms with Gasteiger partial charge in [-0.15, -0.1) is 0 Å². The first-order valence-electron chi connectivity index (χ1n) is 6.34. The Balaban J connectivity index is 1.82. The predicted molar refractivity (Wildman–Crippen MR) is 76.3 cm³/mol. The van der Waals surface area contributed by atoms with E-state index in [1.807, 2.05) is 0 Å². The van der Waals surface area contributed by atoms with Gasteiger partial charge in [0.15, 0.2) is 11.6 Å². The lowest BCUT2D eigenvalue weighted by atomic mass is 10.1. The summed E-state index contributed by atoms with van der Waals surface area (Å²) in [7, 11) is 0. The number of hydrogen-bond donors (Lipinski definition) is 1. The van der Waals surface area contributed by atoms with Crippen molar-refractivity contribution in [2.24, 2.45) is 0 Å². The van der Waals surface area contributed by atoms with Crippen LogP contribution in [0.2, 0.25) is 0 Å². The van der Waals surface area contributed by atoms with Crippen molar-refractivity contribution in [3.05, 3.63) is 59.4 Å². The average molecular weight is 259 g/mol. The van der Waals surface area contributed by atoms with Crippen LogP contribution in [0.3, 0.4) is 0 Å². The van der Waals surface area contributed by atoms with Gasteiger partial charge in [0.25, 0.3) is 0 Å². The van der Waals surface area contributed by atoms with Crippen molar-refractivity contribution in [3.63, 3.8) is 0 Å². The highest BCUT2D eigenvalue weighted by Gasteiger charge is 2.00. The molecule has 0 saturated heterocycles. The number of nitrogens with one attached hydrogen (secondary N) is 1. The third kappa shape index (κ3) is 3.98. The zero-order valence-electron chi connectivity index (χ0n) is 11.2. The van der Waals surface area contributed by atoms with Crippen molar-refractivity contribution in [1.82, 2.24) is 0 Å². The summed E-state index contributed by atoms with van der Waals surface area (Å²) in [5.74, 6) is -0.0291. The number of anilines is 1. The van der Waals surface area contributed by atoms with Gasteiger partial charge in [-0.1, -0.05) is 18.2 Å². The maximum absolute atomic E-state index is 13.3. The van der Waals surface area contributed by atoms with E-state index < -0.39 is 0 Å². The third-order valence-corrected chi connectivity index (χ3v) is 2.75. The molecule has 1 N–H and O–H groups in total. The minimum absolute atomic E-state index is 0.296. The van der Waals surface area contributed by atoms with Crippen LogP contribution >= 0.6 is 0 Å². The van der Waals surface area contributed by atoms with Crippen LogP contribution < -0.4 is 10.1 Å². The van der Waals surface area contributed by atoms with Crippen LogP contribution in [0.15, 0.2) is 42.5 Å². The minimum atomic E-state index is -0.325. The molecule has 19 heavy (non-hydrogen) atoms. The molecule has 0 heterocycles. The molecule has 0 atom stereocenters. The van der Waals surface area contributed by atoms with Crippen LogP contribution in [-0.4, -0.2) is 13.2 Å². The van der Waals surface area contributed by atoms with Crippen LogP contribution in [0.25, 0.3) is 0 Å². The first kappa shape index (κ1) is 13.4. The highest BCUT2D eigenvalue weighted by Crippen LogP contribution is 2.16. The van der Waals surface area contributed by atoms with Gasteiger partial charge in [0.2, 0.25) is 0 Å². The number of benzene rings is 2. The molecule has 0 bridgehead atoms. The molecule has 2 rings (SSSR count). The molecule has 0 aliphatic carbocycles. The molecule has 3 heteroatoms. The van der Waals surface area contributed by atoms with E-state index in [4.69, 9.17) is 4.74 Å². The molecule has 0 aromatic heterocycles. The fraction of sp³-hybridized carbons (Fsp3) is 0.250. The van der Waals surface area contributed by atoms with Crippen molar-refractivity contribution >= 4 is 5.69 Å². The van der Waals surface area contributed by atoms with E-state index in [0.717, 1.165) is 5.69 Å². The smallest absolute Gasteiger partial charge is 0.165 e. The lowest BCUT2D eigenvalue weighted by Gasteiger charge is -2.10. The van der Waals surface area contributed by atoms with Crippen molar-refractivity contribution < 1.29 is 9.13 Å². The Morgan fingerprint density at radius 1 is 1.05 bits per heavy atom. The predicted octanol–water partition coefficient (Wildman–Crippen LogP) is 3.93. The molecule has 2 nitrogen and oxygen atoms in total. The van der Waals surface area contributed by atoms with E-state index in [1.54, 1.807) is 18.2 Å². The summed E-state index contributed by atoms with van der Waals surface area (Å²) in [5, 5.41) is 3.27. The number of halogens is 1. The van der Waals surface area contributed by atoms with Gasteiger partial charge in [0.05, 0.1) is 0 Å². The fourth-order valence-corrected chi connectivity index (χ4v) is 1.99. The summed E-state index contributed by atoms with van der Waals surface area (Å²) in [6.07, 6.45) is 0. The lowest BCUT2D eigenvalue weighted by Crippen LogP contribution is -2.12. The number of rotatable bonds is 5. The molecule has 0 unspecified atom stereocenters. The second-order valence-corrected chi connectivity index (χ2v) is 4.58. The SMILES string of the molecule is Cc1cc(C)cc(NCCOc2ccccc2F)c1. The second-order valence-electron chi connectivity index (χ2n) is 4.58. The zero-order chi connectivity index (χ0) is 13.7. The van der Waals surface area contributed by atoms with E-state index in [0.29, 0.717) is 18.9 Å². The molecule has 0 spiro atoms. The van der Waals surface area contributed by atoms with Crippen LogP contribution in [0.5, 0.6) is 5.75 Å². The molecule has 100 valence electrons. The van der Waals surface area contributed by atoms with Crippen molar-refractivity contribution in [2.75, 3.05) is 18.5 Å². The summed E-state index contributed by atoms with van der Waals surface area (Å²) in [4.78, 5) is 0. The van der Waals surface area contributed by atoms with Gasteiger partial charge in [-0.05, 0) is 49.2 Å². The monoisotopic (exact) mass is 259 g/mol. The Kier molecular flexibility index (Phi) is 4.39. The van der Waals surface area contributed by atoms with E-state index in [1.165, 1.54) is 17.2 Å². The van der Waals surface area contributed by atoms with E-state index in [9.17, 15) is 4.39 Å². The topological polar surface area (TPSA) is 21.3 Å². The number of para-hydroxylation sites is 1. The number of ether oxygens (including phenoxy) is 1. The maximum Gasteiger partial charge on any atom is 0.165 e. The number of aryl methyl sites for hydroxylation is 2. The first-order chi connectivity index (χ1) is 9.15. The molecule has 0 aliphatic rings. The van der Waals surface area contributed by atoms with Crippen LogP contribution in [-0.2, 0) is 0 Å². The number of hydrogen-bond acceptors (Lipinski definition) is 2. The van der Waals surface area contributed by atoms with Crippen LogP contribution in [0.1, 0.15) is 11.1 Å². The standard InChI is InChI=1S/C16H18FNO/c1-12-9-13(2)11-14(10-12)18-7-8-19-16-6-4-3-5-15(16)17/h3-6,9-11,18H,7-8H2,1-2H3. The van der Waals surface area contributed by atoms with E-state index >= 15 is 0 Å². The third-order valence-electron chi connectivity index (χ3n) is 2.75. The molecule has 0 fully saturated rings. The molecule has 2 aromatic rings. The van der Waals surface area contributed by atoms with Gasteiger partial charge in [-0.2, -0.15) is 0 Å². The Morgan fingerprint density at radius 3 is 2.42 bits per heavy atom. The molecular weight excluding hydrogens is 241 g/mol. The average Bonchev–Trinajstić information content (AvgIpc) is 2.35. The van der Waals surface area contributed by atoms with Crippen molar-refractivity contribution in [3.8, 4) is 5.75 Å². The molecular formula is C16H18FNO. The van der Waals surface area contributed by atoms with Crippen LogP contribution in [0.4, 0.5) is 10.1 Å². The Labute approximate surface area is 113 Å². The van der Waals surface area contributed by atoms with Crippen LogP contribution in [0, 0.1) is 19.7 Å². The summed E-state index contributed by atoms with van der Waals surface area (Å²) < 4.78 is 18.7. The largest absolute Gasteiger partial charge is 0.489 e. The normalized spacial score (nSPS) is 10.3. The van der Waals surface area contributed by atoms with Gasteiger partial charge in [-0.3, -0.25) is 0 Å². The van der Waals surface area contributed by atoms with Gasteiger partial charge < -0.3 is 10.1 Å². The maximum atomic E-state index is 13.3. The second kappa shape index (κ2) is 6.23. The van der Waals surface area contributed by atoms with Crippen molar-refractivity contribution in [1.29, 1.82) is 0 Å². The molecule has 0 aliphatic heterocycles. The highest BCUT2D eigenvalue weighted by atomic mass is 19.1. The highest BCUT2D eigenvalue weighted by molar-refractivity contribution is 5.48. The molecule has 0 radical (unpaired) electrons. The summed E-state index contributed by atoms with van der Waals surface area (Å²) in [6.45, 7) is 5.19. The minimum Gasteiger partial charge on any atom is -0.489 e. The summed E-state index contributed by atoms with van der Waals surface area (Å²) in [6, 6.07) is 12.7. The molecule has 0 amide bonds. The zero-order valence-corrected chi connectivity index (χ0v) is 11.2. The Hall–Kier alpha value is -2.03. The Morgan fingerprint density at radius 2 is 1.74 bits per heavy atom. The summed E-state index contributed by atoms with van der Waals surface area (Å²) in [5.41, 5.74) is 3.50. The molecule has 2 aromatic carbocycles. The van der Waals surface area contributed by atoms with E-state index in [2.05, 4.69) is 37.4 Å². The van der Waals surface area contributed by atoms with Gasteiger partial charge in [-0.25, -0.2) is 4.39 Å². The summed E-state index contributed by atoms with van der Waals surface area (Å²) >= 11 is 0. The molecule has 0 saturated carbocycles. The fourth-order valence-electron chi connectivity index (χ4n) is 1.99. The van der Waals surface area contributed by atoms with Gasteiger partial charge in [0.1, 0.15) is 6.61 Å². The Bertz CT molecular complexity index is 534. The lowest BCUT2D eigenvalue weighted by molar-refractivity contribution is 0.315. The quantitative estimate of drug-likeness (QED) is 0.821.